The molecule has 0 atom stereocenters. The molecule has 0 N–H and O–H groups in total. The molecule has 2 heteroatoms. The maximum absolute atomic E-state index is 5.15. The van der Waals surface area contributed by atoms with Gasteiger partial charge in [-0.1, -0.05) is 36.5 Å². The number of fused-ring (bicyclic) bond motifs is 1. The summed E-state index contributed by atoms with van der Waals surface area (Å²) in [7, 11) is 0. The van der Waals surface area contributed by atoms with Crippen molar-refractivity contribution < 1.29 is 0 Å². The lowest BCUT2D eigenvalue weighted by molar-refractivity contribution is 1.41. The molecule has 0 amide bonds. The first-order valence-electron chi connectivity index (χ1n) is 4.14. The lowest BCUT2D eigenvalue weighted by Gasteiger charge is -2.02. The van der Waals surface area contributed by atoms with E-state index in [2.05, 4.69) is 4.98 Å². The van der Waals surface area contributed by atoms with Crippen LogP contribution in [0.25, 0.3) is 10.9 Å². The van der Waals surface area contributed by atoms with Crippen molar-refractivity contribution in [3.8, 4) is 0 Å². The maximum Gasteiger partial charge on any atom is 0.0785 e. The minimum Gasteiger partial charge on any atom is -0.256 e. The highest BCUT2D eigenvalue weighted by molar-refractivity contribution is 7.80. The van der Waals surface area contributed by atoms with Gasteiger partial charge < -0.3 is 0 Å². The van der Waals surface area contributed by atoms with Gasteiger partial charge in [-0.2, -0.15) is 0 Å². The maximum atomic E-state index is 5.15. The third-order valence-electron chi connectivity index (χ3n) is 2.01. The van der Waals surface area contributed by atoms with Gasteiger partial charge in [0.15, 0.2) is 0 Å². The fourth-order valence-corrected chi connectivity index (χ4v) is 1.55. The summed E-state index contributed by atoms with van der Waals surface area (Å²) in [6.07, 6.45) is 1.80. The molecule has 0 spiro atoms. The van der Waals surface area contributed by atoms with E-state index in [1.807, 2.05) is 37.3 Å². The zero-order valence-corrected chi connectivity index (χ0v) is 8.14. The molecule has 1 aromatic carbocycles. The summed E-state index contributed by atoms with van der Waals surface area (Å²) < 4.78 is 0. The third kappa shape index (κ3) is 1.45. The van der Waals surface area contributed by atoms with Gasteiger partial charge in [-0.25, -0.2) is 0 Å². The van der Waals surface area contributed by atoms with Crippen molar-refractivity contribution in [1.29, 1.82) is 0 Å². The fraction of sp³-hybridized carbons (Fsp3) is 0.0909. The highest BCUT2D eigenvalue weighted by atomic mass is 32.1. The molecule has 0 aliphatic heterocycles. The van der Waals surface area contributed by atoms with Gasteiger partial charge >= 0.3 is 0 Å². The molecule has 1 nitrogen and oxygen atoms in total. The summed E-state index contributed by atoms with van der Waals surface area (Å²) in [5, 5.41) is 1.14. The minimum atomic E-state index is 0.893. The van der Waals surface area contributed by atoms with Gasteiger partial charge in [0.2, 0.25) is 0 Å². The van der Waals surface area contributed by atoms with Crippen LogP contribution in [0.2, 0.25) is 0 Å². The Balaban J connectivity index is 2.83. The summed E-state index contributed by atoms with van der Waals surface area (Å²) in [6.45, 7) is 1.93. The van der Waals surface area contributed by atoms with E-state index in [1.165, 1.54) is 0 Å². The van der Waals surface area contributed by atoms with Gasteiger partial charge in [-0.05, 0) is 13.0 Å². The summed E-state index contributed by atoms with van der Waals surface area (Å²) in [4.78, 5) is 5.21. The molecular weight excluding hydrogens is 178 g/mol. The van der Waals surface area contributed by atoms with Gasteiger partial charge in [-0.3, -0.25) is 4.98 Å². The molecule has 0 saturated carbocycles. The van der Waals surface area contributed by atoms with Crippen LogP contribution in [0.15, 0.2) is 36.5 Å². The molecule has 0 aliphatic rings. The molecule has 0 unspecified atom stereocenters. The van der Waals surface area contributed by atoms with Crippen LogP contribution >= 0.6 is 12.2 Å². The van der Waals surface area contributed by atoms with Crippen LogP contribution in [0.5, 0.6) is 0 Å². The Labute approximate surface area is 82.4 Å². The first kappa shape index (κ1) is 8.32. The first-order valence-corrected chi connectivity index (χ1v) is 4.54. The molecule has 0 aliphatic carbocycles. The smallest absolute Gasteiger partial charge is 0.0785 e. The first-order chi connectivity index (χ1) is 6.29. The van der Waals surface area contributed by atoms with Crippen molar-refractivity contribution in [2.24, 2.45) is 0 Å². The number of nitrogens with zero attached hydrogens (tertiary/aromatic N) is 1. The highest BCUT2D eigenvalue weighted by Gasteiger charge is 2.01. The average molecular weight is 187 g/mol. The number of hydrogen-bond donors (Lipinski definition) is 0. The molecule has 0 saturated heterocycles. The number of thiocarbonyl (C=S) groups is 1. The van der Waals surface area contributed by atoms with E-state index in [4.69, 9.17) is 12.2 Å². The predicted molar refractivity (Wildman–Crippen MR) is 59.1 cm³/mol. The van der Waals surface area contributed by atoms with E-state index in [-0.39, 0.29) is 0 Å². The monoisotopic (exact) mass is 187 g/mol. The van der Waals surface area contributed by atoms with E-state index >= 15 is 0 Å². The zero-order valence-electron chi connectivity index (χ0n) is 7.32. The standard InChI is InChI=1S/C11H9NS/c1-8(13)10-6-2-4-9-5-3-7-12-11(9)10/h2-7H,1H3. The Morgan fingerprint density at radius 2 is 2.00 bits per heavy atom. The molecule has 0 radical (unpaired) electrons. The molecule has 0 bridgehead atoms. The van der Waals surface area contributed by atoms with Crippen molar-refractivity contribution >= 4 is 28.0 Å². The Hall–Kier alpha value is -1.28. The Bertz CT molecular complexity index is 457. The van der Waals surface area contributed by atoms with Crippen molar-refractivity contribution in [3.63, 3.8) is 0 Å². The molecule has 0 fully saturated rings. The van der Waals surface area contributed by atoms with Gasteiger partial charge in [0.25, 0.3) is 0 Å². The summed E-state index contributed by atoms with van der Waals surface area (Å²) >= 11 is 5.15. The SMILES string of the molecule is CC(=S)c1cccc2cccnc12. The van der Waals surface area contributed by atoms with Crippen LogP contribution in [-0.2, 0) is 0 Å². The Morgan fingerprint density at radius 1 is 1.23 bits per heavy atom. The number of pyridine rings is 1. The number of benzene rings is 1. The minimum absolute atomic E-state index is 0.893. The van der Waals surface area contributed by atoms with Gasteiger partial charge in [0, 0.05) is 22.0 Å². The second-order valence-electron chi connectivity index (χ2n) is 2.94. The quantitative estimate of drug-likeness (QED) is 0.503. The average Bonchev–Trinajstić information content (AvgIpc) is 2.17. The summed E-state index contributed by atoms with van der Waals surface area (Å²) in [5.41, 5.74) is 2.06. The normalized spacial score (nSPS) is 10.2. The number of rotatable bonds is 1. The second kappa shape index (κ2) is 3.23. The van der Waals surface area contributed by atoms with Gasteiger partial charge in [-0.15, -0.1) is 0 Å². The number of aromatic nitrogens is 1. The van der Waals surface area contributed by atoms with E-state index in [0.717, 1.165) is 21.3 Å². The number of hydrogen-bond acceptors (Lipinski definition) is 2. The Morgan fingerprint density at radius 3 is 2.77 bits per heavy atom. The van der Waals surface area contributed by atoms with Crippen LogP contribution in [0.3, 0.4) is 0 Å². The van der Waals surface area contributed by atoms with Crippen LogP contribution in [0, 0.1) is 0 Å². The topological polar surface area (TPSA) is 12.9 Å². The second-order valence-corrected chi connectivity index (χ2v) is 3.55. The fourth-order valence-electron chi connectivity index (χ4n) is 1.39. The lowest BCUT2D eigenvalue weighted by Crippen LogP contribution is -1.93. The number of para-hydroxylation sites is 1. The molecule has 1 aromatic heterocycles. The molecule has 2 rings (SSSR count). The van der Waals surface area contributed by atoms with E-state index < -0.39 is 0 Å². The van der Waals surface area contributed by atoms with Crippen molar-refractivity contribution in [2.45, 2.75) is 6.92 Å². The van der Waals surface area contributed by atoms with Gasteiger partial charge in [0.1, 0.15) is 0 Å². The van der Waals surface area contributed by atoms with Crippen LogP contribution in [0.1, 0.15) is 12.5 Å². The summed E-state index contributed by atoms with van der Waals surface area (Å²) in [5.74, 6) is 0. The van der Waals surface area contributed by atoms with Crippen molar-refractivity contribution in [3.05, 3.63) is 42.1 Å². The van der Waals surface area contributed by atoms with Crippen molar-refractivity contribution in [2.75, 3.05) is 0 Å². The van der Waals surface area contributed by atoms with Crippen LogP contribution in [0.4, 0.5) is 0 Å². The van der Waals surface area contributed by atoms with Gasteiger partial charge in [0.05, 0.1) is 5.52 Å². The predicted octanol–water partition coefficient (Wildman–Crippen LogP) is 2.97. The van der Waals surface area contributed by atoms with E-state index in [9.17, 15) is 0 Å². The van der Waals surface area contributed by atoms with Crippen molar-refractivity contribution in [1.82, 2.24) is 4.98 Å². The van der Waals surface area contributed by atoms with Crippen LogP contribution in [-0.4, -0.2) is 9.85 Å². The molecule has 2 aromatic rings. The van der Waals surface area contributed by atoms with E-state index in [0.29, 0.717) is 0 Å². The summed E-state index contributed by atoms with van der Waals surface area (Å²) in [6, 6.07) is 10.0. The lowest BCUT2D eigenvalue weighted by atomic mass is 10.1. The molecule has 13 heavy (non-hydrogen) atoms. The third-order valence-corrected chi connectivity index (χ3v) is 2.23. The Kier molecular flexibility index (Phi) is 2.07. The van der Waals surface area contributed by atoms with E-state index in [1.54, 1.807) is 6.20 Å². The zero-order chi connectivity index (χ0) is 9.26. The molecular formula is C11H9NS. The molecule has 64 valence electrons. The highest BCUT2D eigenvalue weighted by Crippen LogP contribution is 2.16. The van der Waals surface area contributed by atoms with Crippen LogP contribution < -0.4 is 0 Å². The largest absolute Gasteiger partial charge is 0.256 e. The molecule has 1 heterocycles.